The van der Waals surface area contributed by atoms with Crippen LogP contribution in [0.1, 0.15) is 34.5 Å². The van der Waals surface area contributed by atoms with E-state index in [4.69, 9.17) is 13.7 Å². The molecule has 1 aliphatic heterocycles. The van der Waals surface area contributed by atoms with Gasteiger partial charge in [0, 0.05) is 27.7 Å². The standard InChI is InChI=1S/C9H19NO/c1-9(2,3)8-10-4-6-11-7-5-10/h4-8H2,1-3H3/i4D2,5D2,6D2,7D2,8D2. The van der Waals surface area contributed by atoms with Gasteiger partial charge in [-0.15, -0.1) is 0 Å². The predicted molar refractivity (Wildman–Crippen MR) is 46.7 cm³/mol. The zero-order valence-electron chi connectivity index (χ0n) is 16.9. The molecule has 0 aromatic rings. The van der Waals surface area contributed by atoms with E-state index in [1.54, 1.807) is 0 Å². The Bertz CT molecular complexity index is 390. The van der Waals surface area contributed by atoms with Crippen LogP contribution in [-0.2, 0) is 4.74 Å². The second kappa shape index (κ2) is 3.55. The smallest absolute Gasteiger partial charge is 0.0594 e. The fourth-order valence-electron chi connectivity index (χ4n) is 0.582. The first-order valence-electron chi connectivity index (χ1n) is 8.33. The van der Waals surface area contributed by atoms with Gasteiger partial charge in [0.2, 0.25) is 0 Å². The van der Waals surface area contributed by atoms with Gasteiger partial charge < -0.3 is 4.74 Å². The van der Waals surface area contributed by atoms with Crippen molar-refractivity contribution in [2.24, 2.45) is 5.41 Å². The monoisotopic (exact) mass is 167 g/mol. The first-order valence-corrected chi connectivity index (χ1v) is 3.33. The molecule has 0 saturated carbocycles. The molecule has 0 atom stereocenters. The van der Waals surface area contributed by atoms with E-state index in [1.807, 2.05) is 0 Å². The fraction of sp³-hybridized carbons (Fsp3) is 1.00. The second-order valence-electron chi connectivity index (χ2n) is 3.23. The quantitative estimate of drug-likeness (QED) is 0.585. The molecule has 0 aromatic carbocycles. The highest BCUT2D eigenvalue weighted by molar-refractivity contribution is 4.70. The summed E-state index contributed by atoms with van der Waals surface area (Å²) in [5.74, 6) is 0. The van der Waals surface area contributed by atoms with E-state index in [1.165, 1.54) is 20.8 Å². The number of nitrogens with zero attached hydrogens (tertiary/aromatic N) is 1. The highest BCUT2D eigenvalue weighted by Crippen LogP contribution is 2.15. The molecule has 0 amide bonds. The molecule has 0 bridgehead atoms. The third-order valence-corrected chi connectivity index (χ3v) is 0.864. The molecule has 2 heteroatoms. The first-order chi connectivity index (χ1) is 8.82. The summed E-state index contributed by atoms with van der Waals surface area (Å²) in [4.78, 5) is -0.0312. The molecule has 1 aliphatic rings. The Kier molecular flexibility index (Phi) is 0.791. The molecule has 0 unspecified atom stereocenters. The molecule has 2 nitrogen and oxygen atoms in total. The number of morpholine rings is 1. The van der Waals surface area contributed by atoms with Gasteiger partial charge >= 0.3 is 0 Å². The molecule has 0 N–H and O–H groups in total. The van der Waals surface area contributed by atoms with Crippen LogP contribution in [0.2, 0.25) is 0 Å². The average molecular weight is 167 g/mol. The molecule has 11 heavy (non-hydrogen) atoms. The van der Waals surface area contributed by atoms with Gasteiger partial charge in [-0.1, -0.05) is 20.8 Å². The molecule has 1 fully saturated rings. The summed E-state index contributed by atoms with van der Waals surface area (Å²) >= 11 is 0. The fourth-order valence-corrected chi connectivity index (χ4v) is 0.582. The average Bonchev–Trinajstić information content (AvgIpc) is 2.09. The second-order valence-corrected chi connectivity index (χ2v) is 3.23. The predicted octanol–water partition coefficient (Wildman–Crippen LogP) is 1.36. The van der Waals surface area contributed by atoms with E-state index in [9.17, 15) is 0 Å². The summed E-state index contributed by atoms with van der Waals surface area (Å²) in [6.45, 7) is -11.4. The summed E-state index contributed by atoms with van der Waals surface area (Å²) < 4.78 is 81.8. The molecule has 0 spiro atoms. The van der Waals surface area contributed by atoms with Crippen LogP contribution in [0.25, 0.3) is 0 Å². The van der Waals surface area contributed by atoms with Crippen molar-refractivity contribution in [2.45, 2.75) is 20.8 Å². The summed E-state index contributed by atoms with van der Waals surface area (Å²) in [6, 6.07) is 0. The van der Waals surface area contributed by atoms with Gasteiger partial charge in [0.15, 0.2) is 0 Å². The molecule has 1 rings (SSSR count). The van der Waals surface area contributed by atoms with Gasteiger partial charge in [-0.05, 0) is 5.41 Å². The lowest BCUT2D eigenvalue weighted by Gasteiger charge is -2.32. The number of ether oxygens (including phenoxy) is 1. The van der Waals surface area contributed by atoms with E-state index in [0.717, 1.165) is 0 Å². The van der Waals surface area contributed by atoms with Crippen molar-refractivity contribution in [3.63, 3.8) is 0 Å². The highest BCUT2D eigenvalue weighted by Gasteiger charge is 2.17. The van der Waals surface area contributed by atoms with Crippen LogP contribution in [0, 0.1) is 5.41 Å². The van der Waals surface area contributed by atoms with Crippen LogP contribution in [0.5, 0.6) is 0 Å². The van der Waals surface area contributed by atoms with Crippen molar-refractivity contribution in [3.8, 4) is 0 Å². The molecule has 1 saturated heterocycles. The molecule has 0 radical (unpaired) electrons. The Labute approximate surface area is 83.6 Å². The first kappa shape index (κ1) is 2.46. The van der Waals surface area contributed by atoms with Crippen molar-refractivity contribution in [1.29, 1.82) is 0 Å². The van der Waals surface area contributed by atoms with Crippen LogP contribution in [-0.4, -0.2) is 37.5 Å². The minimum absolute atomic E-state index is 0.0312. The van der Waals surface area contributed by atoms with Crippen molar-refractivity contribution < 1.29 is 18.4 Å². The molecule has 66 valence electrons. The summed E-state index contributed by atoms with van der Waals surface area (Å²) in [5.41, 5.74) is -1.31. The maximum Gasteiger partial charge on any atom is 0.0594 e. The van der Waals surface area contributed by atoms with Crippen LogP contribution >= 0.6 is 0 Å². The van der Waals surface area contributed by atoms with Gasteiger partial charge in [0.05, 0.1) is 18.6 Å². The van der Waals surface area contributed by atoms with Crippen molar-refractivity contribution >= 4 is 0 Å². The summed E-state index contributed by atoms with van der Waals surface area (Å²) in [7, 11) is 0. The van der Waals surface area contributed by atoms with Crippen LogP contribution in [0.3, 0.4) is 0 Å². The van der Waals surface area contributed by atoms with Crippen LogP contribution in [0.4, 0.5) is 0 Å². The molecule has 0 aliphatic carbocycles. The number of hydrogen-bond donors (Lipinski definition) is 0. The molecule has 1 heterocycles. The maximum atomic E-state index is 8.06. The third kappa shape index (κ3) is 3.73. The summed E-state index contributed by atoms with van der Waals surface area (Å²) in [6.07, 6.45) is 0. The van der Waals surface area contributed by atoms with Gasteiger partial charge in [0.25, 0.3) is 0 Å². The lowest BCUT2D eigenvalue weighted by atomic mass is 9.96. The summed E-state index contributed by atoms with van der Waals surface area (Å²) in [5, 5.41) is 0. The molecular formula is C9H19NO. The molecular weight excluding hydrogens is 138 g/mol. The highest BCUT2D eigenvalue weighted by atomic mass is 16.5. The van der Waals surface area contributed by atoms with Gasteiger partial charge in [0.1, 0.15) is 0 Å². The Hall–Kier alpha value is -0.0800. The normalized spacial score (nSPS) is 55.2. The van der Waals surface area contributed by atoms with Gasteiger partial charge in [-0.2, -0.15) is 0 Å². The van der Waals surface area contributed by atoms with Crippen molar-refractivity contribution in [3.05, 3.63) is 0 Å². The number of rotatable bonds is 1. The van der Waals surface area contributed by atoms with Gasteiger partial charge in [-0.3, -0.25) is 4.90 Å². The minimum Gasteiger partial charge on any atom is -0.379 e. The van der Waals surface area contributed by atoms with Crippen LogP contribution < -0.4 is 0 Å². The zero-order chi connectivity index (χ0) is 17.3. The Morgan fingerprint density at radius 2 is 2.00 bits per heavy atom. The van der Waals surface area contributed by atoms with E-state index in [0.29, 0.717) is 0 Å². The van der Waals surface area contributed by atoms with Crippen LogP contribution in [0.15, 0.2) is 0 Å². The molecule has 0 aromatic heterocycles. The largest absolute Gasteiger partial charge is 0.379 e. The Morgan fingerprint density at radius 3 is 2.45 bits per heavy atom. The Balaban J connectivity index is 3.63. The lowest BCUT2D eigenvalue weighted by molar-refractivity contribution is 0.0236. The van der Waals surface area contributed by atoms with E-state index in [-0.39, 0.29) is 4.90 Å². The minimum atomic E-state index is -3.24. The van der Waals surface area contributed by atoms with E-state index in [2.05, 4.69) is 4.74 Å². The zero-order valence-corrected chi connectivity index (χ0v) is 6.86. The van der Waals surface area contributed by atoms with Crippen molar-refractivity contribution in [2.75, 3.05) is 32.6 Å². The van der Waals surface area contributed by atoms with E-state index >= 15 is 0 Å². The Morgan fingerprint density at radius 1 is 1.45 bits per heavy atom. The topological polar surface area (TPSA) is 12.5 Å². The van der Waals surface area contributed by atoms with Gasteiger partial charge in [-0.25, -0.2) is 0 Å². The maximum absolute atomic E-state index is 8.06. The SMILES string of the molecule is [2H]C1([2H])OC([2H])([2H])C([2H])([2H])N(C([2H])([2H])C(C)(C)C)C1([2H])[2H]. The van der Waals surface area contributed by atoms with Crippen molar-refractivity contribution in [1.82, 2.24) is 4.90 Å². The number of hydrogen-bond acceptors (Lipinski definition) is 2. The van der Waals surface area contributed by atoms with E-state index < -0.39 is 38.0 Å². The third-order valence-electron chi connectivity index (χ3n) is 0.864. The lowest BCUT2D eigenvalue weighted by Crippen LogP contribution is -2.41.